The normalized spacial score (nSPS) is 40.8. The van der Waals surface area contributed by atoms with Gasteiger partial charge in [-0.2, -0.15) is 0 Å². The maximum absolute atomic E-state index is 6.06. The van der Waals surface area contributed by atoms with Crippen molar-refractivity contribution >= 4 is 0 Å². The Morgan fingerprint density at radius 3 is 2.77 bits per heavy atom. The standard InChI is InChI=1S/C11H21NO/c1-9-3-2-4-10(7-9)13-11-5-6-12-8-11/h9-12H,2-8H2,1H3/t9?,10?,11-/m0/s1. The van der Waals surface area contributed by atoms with E-state index in [2.05, 4.69) is 12.2 Å². The first-order chi connectivity index (χ1) is 6.34. The van der Waals surface area contributed by atoms with E-state index >= 15 is 0 Å². The molecule has 13 heavy (non-hydrogen) atoms. The summed E-state index contributed by atoms with van der Waals surface area (Å²) in [6.45, 7) is 4.57. The van der Waals surface area contributed by atoms with Crippen LogP contribution in [0.2, 0.25) is 0 Å². The third-order valence-corrected chi connectivity index (χ3v) is 3.29. The zero-order chi connectivity index (χ0) is 9.10. The molecule has 2 nitrogen and oxygen atoms in total. The minimum absolute atomic E-state index is 0.510. The van der Waals surface area contributed by atoms with Gasteiger partial charge in [0, 0.05) is 6.54 Å². The number of nitrogens with one attached hydrogen (secondary N) is 1. The first-order valence-corrected chi connectivity index (χ1v) is 5.71. The highest BCUT2D eigenvalue weighted by molar-refractivity contribution is 4.76. The van der Waals surface area contributed by atoms with E-state index in [0.29, 0.717) is 12.2 Å². The second-order valence-electron chi connectivity index (χ2n) is 4.64. The van der Waals surface area contributed by atoms with Gasteiger partial charge in [-0.3, -0.25) is 0 Å². The van der Waals surface area contributed by atoms with Gasteiger partial charge in [-0.25, -0.2) is 0 Å². The number of rotatable bonds is 2. The molecule has 1 saturated heterocycles. The summed E-state index contributed by atoms with van der Waals surface area (Å²) in [6, 6.07) is 0. The molecular weight excluding hydrogens is 162 g/mol. The van der Waals surface area contributed by atoms with Crippen molar-refractivity contribution in [2.24, 2.45) is 5.92 Å². The molecule has 0 radical (unpaired) electrons. The number of hydrogen-bond acceptors (Lipinski definition) is 2. The number of hydrogen-bond donors (Lipinski definition) is 1. The third-order valence-electron chi connectivity index (χ3n) is 3.29. The molecule has 2 aliphatic rings. The summed E-state index contributed by atoms with van der Waals surface area (Å²) in [5, 5.41) is 3.35. The van der Waals surface area contributed by atoms with Gasteiger partial charge in [0.1, 0.15) is 0 Å². The van der Waals surface area contributed by atoms with Crippen molar-refractivity contribution in [2.75, 3.05) is 13.1 Å². The highest BCUT2D eigenvalue weighted by Gasteiger charge is 2.24. The van der Waals surface area contributed by atoms with Crippen LogP contribution in [0.5, 0.6) is 0 Å². The average molecular weight is 183 g/mol. The first-order valence-electron chi connectivity index (χ1n) is 5.71. The Bertz CT molecular complexity index is 154. The van der Waals surface area contributed by atoms with Crippen molar-refractivity contribution in [1.82, 2.24) is 5.32 Å². The quantitative estimate of drug-likeness (QED) is 0.706. The summed E-state index contributed by atoms with van der Waals surface area (Å²) >= 11 is 0. The summed E-state index contributed by atoms with van der Waals surface area (Å²) in [7, 11) is 0. The second-order valence-corrected chi connectivity index (χ2v) is 4.64. The molecule has 0 aromatic rings. The summed E-state index contributed by atoms with van der Waals surface area (Å²) in [5.41, 5.74) is 0. The predicted octanol–water partition coefficient (Wildman–Crippen LogP) is 1.94. The molecule has 0 aromatic carbocycles. The van der Waals surface area contributed by atoms with Crippen LogP contribution in [-0.4, -0.2) is 25.3 Å². The van der Waals surface area contributed by atoms with Crippen molar-refractivity contribution in [2.45, 2.75) is 51.2 Å². The van der Waals surface area contributed by atoms with Gasteiger partial charge in [0.05, 0.1) is 12.2 Å². The molecule has 1 aliphatic heterocycles. The van der Waals surface area contributed by atoms with E-state index in [9.17, 15) is 0 Å². The van der Waals surface area contributed by atoms with Crippen LogP contribution in [0.1, 0.15) is 39.0 Å². The lowest BCUT2D eigenvalue weighted by molar-refractivity contribution is -0.0292. The molecule has 0 aromatic heterocycles. The molecular formula is C11H21NO. The fourth-order valence-electron chi connectivity index (χ4n) is 2.52. The van der Waals surface area contributed by atoms with E-state index in [1.54, 1.807) is 0 Å². The zero-order valence-electron chi connectivity index (χ0n) is 8.59. The highest BCUT2D eigenvalue weighted by atomic mass is 16.5. The summed E-state index contributed by atoms with van der Waals surface area (Å²) < 4.78 is 6.06. The summed E-state index contributed by atoms with van der Waals surface area (Å²) in [6.07, 6.45) is 7.64. The molecule has 76 valence electrons. The number of ether oxygens (including phenoxy) is 1. The van der Waals surface area contributed by atoms with Crippen LogP contribution in [0.25, 0.3) is 0 Å². The smallest absolute Gasteiger partial charge is 0.0715 e. The molecule has 1 saturated carbocycles. The van der Waals surface area contributed by atoms with Crippen LogP contribution >= 0.6 is 0 Å². The first kappa shape index (κ1) is 9.47. The van der Waals surface area contributed by atoms with Gasteiger partial charge < -0.3 is 10.1 Å². The van der Waals surface area contributed by atoms with Crippen LogP contribution in [-0.2, 0) is 4.74 Å². The Balaban J connectivity index is 1.73. The Kier molecular flexibility index (Phi) is 3.23. The molecule has 2 rings (SSSR count). The van der Waals surface area contributed by atoms with Crippen molar-refractivity contribution in [3.8, 4) is 0 Å². The molecule has 0 spiro atoms. The van der Waals surface area contributed by atoms with Crippen LogP contribution in [0, 0.1) is 5.92 Å². The SMILES string of the molecule is CC1CCCC(O[C@H]2CCNC2)C1. The molecule has 1 aliphatic carbocycles. The van der Waals surface area contributed by atoms with Gasteiger partial charge in [-0.1, -0.05) is 19.8 Å². The van der Waals surface area contributed by atoms with Crippen LogP contribution in [0.3, 0.4) is 0 Å². The highest BCUT2D eigenvalue weighted by Crippen LogP contribution is 2.27. The van der Waals surface area contributed by atoms with E-state index in [0.717, 1.165) is 19.0 Å². The Morgan fingerprint density at radius 2 is 2.08 bits per heavy atom. The van der Waals surface area contributed by atoms with Gasteiger partial charge in [0.2, 0.25) is 0 Å². The van der Waals surface area contributed by atoms with Gasteiger partial charge in [0.15, 0.2) is 0 Å². The van der Waals surface area contributed by atoms with Gasteiger partial charge >= 0.3 is 0 Å². The fourth-order valence-corrected chi connectivity index (χ4v) is 2.52. The molecule has 1 N–H and O–H groups in total. The lowest BCUT2D eigenvalue weighted by atomic mass is 9.88. The molecule has 2 unspecified atom stereocenters. The monoisotopic (exact) mass is 183 g/mol. The Morgan fingerprint density at radius 1 is 1.15 bits per heavy atom. The molecule has 2 heteroatoms. The van der Waals surface area contributed by atoms with Crippen molar-refractivity contribution < 1.29 is 4.74 Å². The molecule has 1 heterocycles. The Hall–Kier alpha value is -0.0800. The van der Waals surface area contributed by atoms with Crippen LogP contribution in [0.4, 0.5) is 0 Å². The topological polar surface area (TPSA) is 21.3 Å². The van der Waals surface area contributed by atoms with Gasteiger partial charge in [-0.05, 0) is 31.7 Å². The maximum Gasteiger partial charge on any atom is 0.0715 e. The van der Waals surface area contributed by atoms with Crippen LogP contribution in [0.15, 0.2) is 0 Å². The van der Waals surface area contributed by atoms with Crippen molar-refractivity contribution in [3.63, 3.8) is 0 Å². The lowest BCUT2D eigenvalue weighted by Crippen LogP contribution is -2.28. The van der Waals surface area contributed by atoms with E-state index < -0.39 is 0 Å². The summed E-state index contributed by atoms with van der Waals surface area (Å²) in [5.74, 6) is 0.883. The maximum atomic E-state index is 6.06. The van der Waals surface area contributed by atoms with E-state index in [1.807, 2.05) is 0 Å². The average Bonchev–Trinajstić information content (AvgIpc) is 2.57. The molecule has 2 fully saturated rings. The fraction of sp³-hybridized carbons (Fsp3) is 1.00. The molecule has 3 atom stereocenters. The Labute approximate surface area is 81.0 Å². The molecule has 0 bridgehead atoms. The summed E-state index contributed by atoms with van der Waals surface area (Å²) in [4.78, 5) is 0. The van der Waals surface area contributed by atoms with Crippen molar-refractivity contribution in [3.05, 3.63) is 0 Å². The largest absolute Gasteiger partial charge is 0.374 e. The van der Waals surface area contributed by atoms with E-state index in [1.165, 1.54) is 32.1 Å². The third kappa shape index (κ3) is 2.68. The zero-order valence-corrected chi connectivity index (χ0v) is 8.59. The van der Waals surface area contributed by atoms with Gasteiger partial charge in [0.25, 0.3) is 0 Å². The second kappa shape index (κ2) is 4.43. The van der Waals surface area contributed by atoms with Crippen LogP contribution < -0.4 is 5.32 Å². The van der Waals surface area contributed by atoms with Gasteiger partial charge in [-0.15, -0.1) is 0 Å². The van der Waals surface area contributed by atoms with Crippen molar-refractivity contribution in [1.29, 1.82) is 0 Å². The molecule has 0 amide bonds. The van der Waals surface area contributed by atoms with E-state index in [4.69, 9.17) is 4.74 Å². The minimum atomic E-state index is 0.510. The lowest BCUT2D eigenvalue weighted by Gasteiger charge is -2.29. The minimum Gasteiger partial charge on any atom is -0.374 e. The predicted molar refractivity (Wildman–Crippen MR) is 53.8 cm³/mol. The van der Waals surface area contributed by atoms with E-state index in [-0.39, 0.29) is 0 Å².